The molecule has 0 aliphatic carbocycles. The Kier molecular flexibility index (Phi) is 10.8. The third kappa shape index (κ3) is 9.74. The highest BCUT2D eigenvalue weighted by atomic mass is 16.5. The number of hydrogen-bond acceptors (Lipinski definition) is 2. The molecule has 2 unspecified atom stereocenters. The third-order valence-corrected chi connectivity index (χ3v) is 4.97. The van der Waals surface area contributed by atoms with E-state index < -0.39 is 0 Å². The standard InChI is InChI=1S/C25H36NO/c1-3-4-5-6-13-18-25(27-21-24-16-11-8-12-17-24)19-22(2)26-20-23-14-9-7-10-15-23/h7-12,14-17,22,25-26H,1,3-6,13,18-21H2,2H3. The van der Waals surface area contributed by atoms with Crippen LogP contribution in [-0.4, -0.2) is 12.1 Å². The summed E-state index contributed by atoms with van der Waals surface area (Å²) in [7, 11) is 0. The molecule has 147 valence electrons. The van der Waals surface area contributed by atoms with Gasteiger partial charge >= 0.3 is 0 Å². The van der Waals surface area contributed by atoms with E-state index in [-0.39, 0.29) is 0 Å². The minimum atomic E-state index is 0.309. The average Bonchev–Trinajstić information content (AvgIpc) is 2.71. The molecule has 2 aromatic carbocycles. The Bertz CT molecular complexity index is 584. The lowest BCUT2D eigenvalue weighted by Gasteiger charge is -2.23. The van der Waals surface area contributed by atoms with Gasteiger partial charge in [0, 0.05) is 12.6 Å². The van der Waals surface area contributed by atoms with Crippen LogP contribution in [0.15, 0.2) is 60.7 Å². The zero-order chi connectivity index (χ0) is 19.2. The SMILES string of the molecule is [CH2]CCCCCCC(CC(C)NCc1ccccc1)OCc1ccccc1. The van der Waals surface area contributed by atoms with E-state index in [9.17, 15) is 0 Å². The fourth-order valence-electron chi connectivity index (χ4n) is 3.33. The topological polar surface area (TPSA) is 21.3 Å². The van der Waals surface area contributed by atoms with Crippen molar-refractivity contribution in [1.29, 1.82) is 0 Å². The molecule has 1 N–H and O–H groups in total. The van der Waals surface area contributed by atoms with Gasteiger partial charge in [0.15, 0.2) is 0 Å². The zero-order valence-corrected chi connectivity index (χ0v) is 16.9. The summed E-state index contributed by atoms with van der Waals surface area (Å²) in [5, 5.41) is 3.65. The number of unbranched alkanes of at least 4 members (excludes halogenated alkanes) is 4. The van der Waals surface area contributed by atoms with Crippen LogP contribution in [0.25, 0.3) is 0 Å². The summed E-state index contributed by atoms with van der Waals surface area (Å²) < 4.78 is 6.31. The van der Waals surface area contributed by atoms with Gasteiger partial charge in [0.1, 0.15) is 0 Å². The lowest BCUT2D eigenvalue weighted by molar-refractivity contribution is 0.0222. The van der Waals surface area contributed by atoms with Crippen molar-refractivity contribution in [2.45, 2.75) is 77.2 Å². The molecule has 0 fully saturated rings. The summed E-state index contributed by atoms with van der Waals surface area (Å²) in [4.78, 5) is 0. The molecule has 2 heteroatoms. The molecule has 0 aliphatic heterocycles. The van der Waals surface area contributed by atoms with Gasteiger partial charge in [-0.15, -0.1) is 0 Å². The zero-order valence-electron chi connectivity index (χ0n) is 16.9. The Labute approximate surface area is 166 Å². The van der Waals surface area contributed by atoms with E-state index in [1.165, 1.54) is 36.8 Å². The predicted octanol–water partition coefficient (Wildman–Crippen LogP) is 6.31. The van der Waals surface area contributed by atoms with Crippen LogP contribution >= 0.6 is 0 Å². The molecule has 0 spiro atoms. The Hall–Kier alpha value is -1.64. The summed E-state index contributed by atoms with van der Waals surface area (Å²) in [6.45, 7) is 7.82. The van der Waals surface area contributed by atoms with Crippen molar-refractivity contribution in [3.05, 3.63) is 78.7 Å². The molecule has 2 nitrogen and oxygen atoms in total. The molecule has 2 aromatic rings. The summed E-state index contributed by atoms with van der Waals surface area (Å²) in [6, 6.07) is 21.5. The summed E-state index contributed by atoms with van der Waals surface area (Å²) in [6.07, 6.45) is 8.60. The van der Waals surface area contributed by atoms with Crippen LogP contribution in [0.5, 0.6) is 0 Å². The Morgan fingerprint density at radius 1 is 0.852 bits per heavy atom. The van der Waals surface area contributed by atoms with Crippen LogP contribution in [0.4, 0.5) is 0 Å². The lowest BCUT2D eigenvalue weighted by Crippen LogP contribution is -2.30. The number of hydrogen-bond donors (Lipinski definition) is 1. The first-order valence-electron chi connectivity index (χ1n) is 10.5. The average molecular weight is 367 g/mol. The van der Waals surface area contributed by atoms with E-state index in [1.807, 2.05) is 0 Å². The molecular weight excluding hydrogens is 330 g/mol. The van der Waals surface area contributed by atoms with Crippen molar-refractivity contribution in [3.63, 3.8) is 0 Å². The highest BCUT2D eigenvalue weighted by Crippen LogP contribution is 2.16. The molecule has 2 rings (SSSR count). The molecule has 0 aliphatic rings. The van der Waals surface area contributed by atoms with Crippen LogP contribution < -0.4 is 5.32 Å². The molecule has 0 aromatic heterocycles. The van der Waals surface area contributed by atoms with Crippen LogP contribution in [-0.2, 0) is 17.9 Å². The number of nitrogens with one attached hydrogen (secondary N) is 1. The van der Waals surface area contributed by atoms with E-state index >= 15 is 0 Å². The number of ether oxygens (including phenoxy) is 1. The fourth-order valence-corrected chi connectivity index (χ4v) is 3.33. The van der Waals surface area contributed by atoms with Gasteiger partial charge in [-0.1, -0.05) is 99.7 Å². The van der Waals surface area contributed by atoms with E-state index in [1.54, 1.807) is 0 Å². The second-order valence-corrected chi connectivity index (χ2v) is 7.48. The lowest BCUT2D eigenvalue weighted by atomic mass is 10.0. The summed E-state index contributed by atoms with van der Waals surface area (Å²) in [5.41, 5.74) is 2.59. The monoisotopic (exact) mass is 366 g/mol. The highest BCUT2D eigenvalue weighted by molar-refractivity contribution is 5.14. The van der Waals surface area contributed by atoms with E-state index in [0.29, 0.717) is 18.8 Å². The molecule has 0 bridgehead atoms. The van der Waals surface area contributed by atoms with Crippen molar-refractivity contribution in [1.82, 2.24) is 5.32 Å². The third-order valence-electron chi connectivity index (χ3n) is 4.97. The van der Waals surface area contributed by atoms with Gasteiger partial charge in [0.25, 0.3) is 0 Å². The minimum absolute atomic E-state index is 0.309. The fraction of sp³-hybridized carbons (Fsp3) is 0.480. The molecule has 0 saturated carbocycles. The second-order valence-electron chi connectivity index (χ2n) is 7.48. The summed E-state index contributed by atoms with van der Waals surface area (Å²) in [5.74, 6) is 0. The Morgan fingerprint density at radius 3 is 2.15 bits per heavy atom. The van der Waals surface area contributed by atoms with E-state index in [0.717, 1.165) is 25.8 Å². The normalized spacial score (nSPS) is 13.4. The molecular formula is C25H36NO. The van der Waals surface area contributed by atoms with Crippen molar-refractivity contribution in [2.75, 3.05) is 0 Å². The van der Waals surface area contributed by atoms with Gasteiger partial charge in [-0.25, -0.2) is 0 Å². The van der Waals surface area contributed by atoms with Crippen molar-refractivity contribution < 1.29 is 4.74 Å². The Morgan fingerprint density at radius 2 is 1.48 bits per heavy atom. The molecule has 1 radical (unpaired) electrons. The van der Waals surface area contributed by atoms with Gasteiger partial charge in [0.05, 0.1) is 12.7 Å². The van der Waals surface area contributed by atoms with E-state index in [4.69, 9.17) is 4.74 Å². The first-order chi connectivity index (χ1) is 13.3. The quantitative estimate of drug-likeness (QED) is 0.395. The maximum atomic E-state index is 6.31. The molecule has 0 saturated heterocycles. The second kappa shape index (κ2) is 13.5. The highest BCUT2D eigenvalue weighted by Gasteiger charge is 2.14. The minimum Gasteiger partial charge on any atom is -0.373 e. The van der Waals surface area contributed by atoms with Gasteiger partial charge in [-0.3, -0.25) is 0 Å². The van der Waals surface area contributed by atoms with Gasteiger partial charge < -0.3 is 10.1 Å². The largest absolute Gasteiger partial charge is 0.373 e. The smallest absolute Gasteiger partial charge is 0.0720 e. The van der Waals surface area contributed by atoms with Crippen LogP contribution in [0, 0.1) is 6.92 Å². The molecule has 0 heterocycles. The number of benzene rings is 2. The molecule has 27 heavy (non-hydrogen) atoms. The Balaban J connectivity index is 1.77. The first-order valence-corrected chi connectivity index (χ1v) is 10.5. The maximum Gasteiger partial charge on any atom is 0.0720 e. The van der Waals surface area contributed by atoms with E-state index in [2.05, 4.69) is 79.8 Å². The van der Waals surface area contributed by atoms with Crippen LogP contribution in [0.3, 0.4) is 0 Å². The van der Waals surface area contributed by atoms with Gasteiger partial charge in [-0.05, 0) is 30.9 Å². The van der Waals surface area contributed by atoms with Crippen molar-refractivity contribution in [2.24, 2.45) is 0 Å². The summed E-state index contributed by atoms with van der Waals surface area (Å²) >= 11 is 0. The maximum absolute atomic E-state index is 6.31. The first kappa shape index (κ1) is 21.7. The van der Waals surface area contributed by atoms with Crippen molar-refractivity contribution in [3.8, 4) is 0 Å². The van der Waals surface area contributed by atoms with Crippen LogP contribution in [0.2, 0.25) is 0 Å². The van der Waals surface area contributed by atoms with Crippen molar-refractivity contribution >= 4 is 0 Å². The van der Waals surface area contributed by atoms with Crippen LogP contribution in [0.1, 0.15) is 63.0 Å². The number of rotatable bonds is 14. The molecule has 0 amide bonds. The van der Waals surface area contributed by atoms with Gasteiger partial charge in [0.2, 0.25) is 0 Å². The molecule has 2 atom stereocenters. The predicted molar refractivity (Wildman–Crippen MR) is 115 cm³/mol. The van der Waals surface area contributed by atoms with Gasteiger partial charge in [-0.2, -0.15) is 0 Å².